The number of hydrogen-bond donors (Lipinski definition) is 0. The van der Waals surface area contributed by atoms with E-state index in [2.05, 4.69) is 75.4 Å². The van der Waals surface area contributed by atoms with Gasteiger partial charge in [0.25, 0.3) is 0 Å². The second-order valence-corrected chi connectivity index (χ2v) is 11.2. The highest BCUT2D eigenvalue weighted by Crippen LogP contribution is 2.36. The standard InChI is InChI=1S/C21H25NSi/c1-4-23(5-2,6-3)21(16-18-10-8-7-9-11-18)20-14-12-19(17-22)13-15-20/h7-16H,4-6H2,1-3H3/b21-16+. The van der Waals surface area contributed by atoms with Crippen LogP contribution < -0.4 is 0 Å². The molecule has 0 amide bonds. The molecular formula is C21H25NSi. The molecular weight excluding hydrogens is 294 g/mol. The Morgan fingerprint density at radius 1 is 0.913 bits per heavy atom. The van der Waals surface area contributed by atoms with Crippen LogP contribution in [0.4, 0.5) is 0 Å². The van der Waals surface area contributed by atoms with Crippen molar-refractivity contribution in [3.63, 3.8) is 0 Å². The first-order chi connectivity index (χ1) is 11.2. The summed E-state index contributed by atoms with van der Waals surface area (Å²) in [5, 5.41) is 10.6. The fourth-order valence-corrected chi connectivity index (χ4v) is 7.20. The van der Waals surface area contributed by atoms with Crippen molar-refractivity contribution in [2.45, 2.75) is 38.9 Å². The van der Waals surface area contributed by atoms with Crippen molar-refractivity contribution in [1.82, 2.24) is 0 Å². The molecule has 0 saturated carbocycles. The van der Waals surface area contributed by atoms with Crippen LogP contribution in [0.25, 0.3) is 11.3 Å². The van der Waals surface area contributed by atoms with Gasteiger partial charge in [0.05, 0.1) is 19.7 Å². The van der Waals surface area contributed by atoms with Crippen LogP contribution in [0, 0.1) is 11.3 Å². The van der Waals surface area contributed by atoms with Crippen LogP contribution in [-0.2, 0) is 0 Å². The largest absolute Gasteiger partial charge is 0.192 e. The third kappa shape index (κ3) is 3.81. The van der Waals surface area contributed by atoms with Gasteiger partial charge < -0.3 is 0 Å². The maximum Gasteiger partial charge on any atom is 0.0991 e. The quantitative estimate of drug-likeness (QED) is 0.463. The maximum absolute atomic E-state index is 9.04. The van der Waals surface area contributed by atoms with Gasteiger partial charge in [-0.05, 0) is 23.3 Å². The molecule has 0 heterocycles. The number of nitriles is 1. The van der Waals surface area contributed by atoms with Gasteiger partial charge in [-0.15, -0.1) is 0 Å². The minimum Gasteiger partial charge on any atom is -0.192 e. The van der Waals surface area contributed by atoms with E-state index in [-0.39, 0.29) is 0 Å². The first-order valence-electron chi connectivity index (χ1n) is 8.46. The molecule has 0 bridgehead atoms. The molecule has 118 valence electrons. The SMILES string of the molecule is CC[Si](CC)(CC)/C(=C/c1ccccc1)c1ccc(C#N)cc1. The van der Waals surface area contributed by atoms with E-state index in [1.807, 2.05) is 12.1 Å². The summed E-state index contributed by atoms with van der Waals surface area (Å²) >= 11 is 0. The van der Waals surface area contributed by atoms with Crippen LogP contribution in [0.15, 0.2) is 54.6 Å². The predicted molar refractivity (Wildman–Crippen MR) is 103 cm³/mol. The van der Waals surface area contributed by atoms with Crippen molar-refractivity contribution >= 4 is 19.3 Å². The molecule has 2 aromatic carbocycles. The van der Waals surface area contributed by atoms with Crippen LogP contribution in [0.1, 0.15) is 37.5 Å². The van der Waals surface area contributed by atoms with Crippen LogP contribution in [0.3, 0.4) is 0 Å². The van der Waals surface area contributed by atoms with Gasteiger partial charge in [0, 0.05) is 0 Å². The molecule has 0 unspecified atom stereocenters. The Bertz CT molecular complexity index is 681. The van der Waals surface area contributed by atoms with E-state index in [1.54, 1.807) is 0 Å². The smallest absolute Gasteiger partial charge is 0.0991 e. The molecule has 0 spiro atoms. The molecule has 2 rings (SSSR count). The van der Waals surface area contributed by atoms with Crippen molar-refractivity contribution in [2.24, 2.45) is 0 Å². The van der Waals surface area contributed by atoms with Gasteiger partial charge in [-0.25, -0.2) is 0 Å². The summed E-state index contributed by atoms with van der Waals surface area (Å²) in [7, 11) is -1.52. The molecule has 0 aliphatic carbocycles. The first-order valence-corrected chi connectivity index (χ1v) is 11.1. The van der Waals surface area contributed by atoms with Gasteiger partial charge in [0.1, 0.15) is 0 Å². The Balaban J connectivity index is 2.59. The van der Waals surface area contributed by atoms with Crippen molar-refractivity contribution < 1.29 is 0 Å². The van der Waals surface area contributed by atoms with Crippen LogP contribution in [-0.4, -0.2) is 8.07 Å². The second kappa shape index (κ2) is 7.94. The lowest BCUT2D eigenvalue weighted by molar-refractivity contribution is 1.20. The van der Waals surface area contributed by atoms with Crippen molar-refractivity contribution in [2.75, 3.05) is 0 Å². The minimum absolute atomic E-state index is 0.726. The summed E-state index contributed by atoms with van der Waals surface area (Å²) in [5.74, 6) is 0. The van der Waals surface area contributed by atoms with Crippen LogP contribution >= 0.6 is 0 Å². The lowest BCUT2D eigenvalue weighted by Gasteiger charge is -2.32. The van der Waals surface area contributed by atoms with Gasteiger partial charge in [0.2, 0.25) is 0 Å². The molecule has 0 aromatic heterocycles. The third-order valence-electron chi connectivity index (χ3n) is 5.04. The Morgan fingerprint density at radius 3 is 1.96 bits per heavy atom. The summed E-state index contributed by atoms with van der Waals surface area (Å²) < 4.78 is 0. The summed E-state index contributed by atoms with van der Waals surface area (Å²) in [6.07, 6.45) is 2.38. The van der Waals surface area contributed by atoms with E-state index in [9.17, 15) is 0 Å². The summed E-state index contributed by atoms with van der Waals surface area (Å²) in [6, 6.07) is 24.7. The van der Waals surface area contributed by atoms with Crippen LogP contribution in [0.2, 0.25) is 18.1 Å². The molecule has 2 aromatic rings. The van der Waals surface area contributed by atoms with Crippen molar-refractivity contribution in [3.05, 3.63) is 71.3 Å². The third-order valence-corrected chi connectivity index (χ3v) is 10.7. The lowest BCUT2D eigenvalue weighted by Crippen LogP contribution is -2.33. The van der Waals surface area contributed by atoms with E-state index in [0.717, 1.165) is 5.56 Å². The molecule has 0 fully saturated rings. The summed E-state index contributed by atoms with van der Waals surface area (Å²) in [6.45, 7) is 7.01. The Kier molecular flexibility index (Phi) is 5.95. The van der Waals surface area contributed by atoms with Crippen LogP contribution in [0.5, 0.6) is 0 Å². The fraction of sp³-hybridized carbons (Fsp3) is 0.286. The highest BCUT2D eigenvalue weighted by molar-refractivity contribution is 6.97. The maximum atomic E-state index is 9.04. The van der Waals surface area contributed by atoms with Crippen molar-refractivity contribution in [3.8, 4) is 6.07 Å². The zero-order valence-corrected chi connectivity index (χ0v) is 15.3. The Morgan fingerprint density at radius 2 is 1.48 bits per heavy atom. The topological polar surface area (TPSA) is 23.8 Å². The second-order valence-electron chi connectivity index (χ2n) is 6.00. The highest BCUT2D eigenvalue weighted by Gasteiger charge is 2.32. The monoisotopic (exact) mass is 319 g/mol. The zero-order chi connectivity index (χ0) is 16.7. The van der Waals surface area contributed by atoms with E-state index >= 15 is 0 Å². The Hall–Kier alpha value is -2.11. The van der Waals surface area contributed by atoms with E-state index in [4.69, 9.17) is 5.26 Å². The highest BCUT2D eigenvalue weighted by atomic mass is 28.3. The van der Waals surface area contributed by atoms with Gasteiger partial charge in [0.15, 0.2) is 0 Å². The molecule has 2 heteroatoms. The van der Waals surface area contributed by atoms with E-state index in [0.29, 0.717) is 0 Å². The molecule has 0 saturated heterocycles. The lowest BCUT2D eigenvalue weighted by atomic mass is 10.1. The van der Waals surface area contributed by atoms with Gasteiger partial charge in [-0.2, -0.15) is 5.26 Å². The average Bonchev–Trinajstić information content (AvgIpc) is 2.63. The summed E-state index contributed by atoms with van der Waals surface area (Å²) in [5.41, 5.74) is 3.27. The number of hydrogen-bond acceptors (Lipinski definition) is 1. The van der Waals surface area contributed by atoms with Crippen molar-refractivity contribution in [1.29, 1.82) is 5.26 Å². The minimum atomic E-state index is -1.52. The molecule has 0 aliphatic heterocycles. The molecule has 23 heavy (non-hydrogen) atoms. The number of nitrogens with zero attached hydrogens (tertiary/aromatic N) is 1. The summed E-state index contributed by atoms with van der Waals surface area (Å²) in [4.78, 5) is 0. The first kappa shape index (κ1) is 17.2. The average molecular weight is 320 g/mol. The zero-order valence-electron chi connectivity index (χ0n) is 14.3. The normalized spacial score (nSPS) is 12.0. The van der Waals surface area contributed by atoms with Gasteiger partial charge >= 0.3 is 0 Å². The Labute approximate surface area is 141 Å². The molecule has 0 radical (unpaired) electrons. The fourth-order valence-electron chi connectivity index (χ4n) is 3.30. The molecule has 0 aliphatic rings. The molecule has 1 nitrogen and oxygen atoms in total. The molecule has 0 N–H and O–H groups in total. The van der Waals surface area contributed by atoms with Gasteiger partial charge in [-0.3, -0.25) is 0 Å². The number of benzene rings is 2. The number of rotatable bonds is 6. The van der Waals surface area contributed by atoms with E-state index in [1.165, 1.54) is 34.5 Å². The molecule has 0 atom stereocenters. The van der Waals surface area contributed by atoms with E-state index < -0.39 is 8.07 Å². The predicted octanol–water partition coefficient (Wildman–Crippen LogP) is 6.15. The van der Waals surface area contributed by atoms with Gasteiger partial charge in [-0.1, -0.05) is 92.6 Å².